The summed E-state index contributed by atoms with van der Waals surface area (Å²) in [6.45, 7) is 3.35. The summed E-state index contributed by atoms with van der Waals surface area (Å²) < 4.78 is 5.75. The minimum atomic E-state index is -0.639. The average molecular weight is 392 g/mol. The molecular formula is C24H29N3O2. The van der Waals surface area contributed by atoms with Gasteiger partial charge in [-0.15, -0.1) is 0 Å². The Morgan fingerprint density at radius 2 is 1.69 bits per heavy atom. The molecule has 5 nitrogen and oxygen atoms in total. The topological polar surface area (TPSA) is 48.8 Å². The van der Waals surface area contributed by atoms with Crippen LogP contribution in [0.15, 0.2) is 72.9 Å². The molecule has 1 heterocycles. The van der Waals surface area contributed by atoms with Gasteiger partial charge in [0, 0.05) is 39.1 Å². The quantitative estimate of drug-likeness (QED) is 0.599. The number of aliphatic hydroxyl groups excluding tert-OH is 1. The highest BCUT2D eigenvalue weighted by Gasteiger charge is 2.15. The van der Waals surface area contributed by atoms with Crippen LogP contribution in [-0.2, 0) is 6.54 Å². The Kier molecular flexibility index (Phi) is 7.09. The van der Waals surface area contributed by atoms with Crippen LogP contribution in [0.25, 0.3) is 0 Å². The number of aryl methyl sites for hydroxylation is 1. The maximum Gasteiger partial charge on any atom is 0.128 e. The third kappa shape index (κ3) is 6.22. The lowest BCUT2D eigenvalue weighted by molar-refractivity contribution is 0.112. The second kappa shape index (κ2) is 9.94. The van der Waals surface area contributed by atoms with Gasteiger partial charge < -0.3 is 19.6 Å². The Balaban J connectivity index is 1.66. The fourth-order valence-electron chi connectivity index (χ4n) is 3.03. The molecule has 1 unspecified atom stereocenters. The molecule has 0 aliphatic heterocycles. The first-order chi connectivity index (χ1) is 14.0. The van der Waals surface area contributed by atoms with E-state index in [-0.39, 0.29) is 6.61 Å². The first-order valence-electron chi connectivity index (χ1n) is 9.81. The minimum absolute atomic E-state index is 0.228. The second-order valence-corrected chi connectivity index (χ2v) is 7.41. The zero-order chi connectivity index (χ0) is 20.6. The Morgan fingerprint density at radius 3 is 2.31 bits per heavy atom. The summed E-state index contributed by atoms with van der Waals surface area (Å²) in [5.74, 6) is 1.59. The van der Waals surface area contributed by atoms with Crippen LogP contribution in [-0.4, -0.2) is 43.4 Å². The van der Waals surface area contributed by atoms with Gasteiger partial charge in [0.05, 0.1) is 0 Å². The first kappa shape index (κ1) is 20.7. The largest absolute Gasteiger partial charge is 0.491 e. The average Bonchev–Trinajstić information content (AvgIpc) is 2.74. The fraction of sp³-hybridized carbons (Fsp3) is 0.292. The van der Waals surface area contributed by atoms with Crippen LogP contribution in [0, 0.1) is 6.92 Å². The van der Waals surface area contributed by atoms with Gasteiger partial charge in [0.2, 0.25) is 0 Å². The smallest absolute Gasteiger partial charge is 0.128 e. The number of benzene rings is 2. The van der Waals surface area contributed by atoms with Gasteiger partial charge in [-0.1, -0.05) is 35.9 Å². The normalized spacial score (nSPS) is 11.7. The monoisotopic (exact) mass is 391 g/mol. The number of aromatic nitrogens is 1. The standard InChI is InChI=1S/C24H29N3O2/c1-19-7-13-23(14-8-19)29-18-22(28)17-27(24-6-4-5-15-25-24)16-20-9-11-21(12-10-20)26(2)3/h4-15,22,28H,16-18H2,1-3H3. The van der Waals surface area contributed by atoms with E-state index in [1.165, 1.54) is 5.56 Å². The van der Waals surface area contributed by atoms with Crippen LogP contribution >= 0.6 is 0 Å². The lowest BCUT2D eigenvalue weighted by atomic mass is 10.1. The molecule has 29 heavy (non-hydrogen) atoms. The number of ether oxygens (including phenoxy) is 1. The predicted molar refractivity (Wildman–Crippen MR) is 119 cm³/mol. The van der Waals surface area contributed by atoms with Crippen molar-refractivity contribution in [3.8, 4) is 5.75 Å². The van der Waals surface area contributed by atoms with Crippen molar-refractivity contribution < 1.29 is 9.84 Å². The Bertz CT molecular complexity index is 865. The third-order valence-electron chi connectivity index (χ3n) is 4.69. The second-order valence-electron chi connectivity index (χ2n) is 7.41. The van der Waals surface area contributed by atoms with Gasteiger partial charge in [-0.3, -0.25) is 0 Å². The highest BCUT2D eigenvalue weighted by atomic mass is 16.5. The van der Waals surface area contributed by atoms with Gasteiger partial charge in [-0.05, 0) is 48.9 Å². The Labute approximate surface area is 173 Å². The maximum atomic E-state index is 10.6. The van der Waals surface area contributed by atoms with Gasteiger partial charge in [0.25, 0.3) is 0 Å². The molecule has 152 valence electrons. The molecule has 0 amide bonds. The van der Waals surface area contributed by atoms with Gasteiger partial charge in [-0.25, -0.2) is 4.98 Å². The fourth-order valence-corrected chi connectivity index (χ4v) is 3.03. The SMILES string of the molecule is Cc1ccc(OCC(O)CN(Cc2ccc(N(C)C)cc2)c2ccccn2)cc1. The number of hydrogen-bond acceptors (Lipinski definition) is 5. The highest BCUT2D eigenvalue weighted by Crippen LogP contribution is 2.18. The van der Waals surface area contributed by atoms with Gasteiger partial charge in [-0.2, -0.15) is 0 Å². The van der Waals surface area contributed by atoms with E-state index in [0.717, 1.165) is 22.8 Å². The summed E-state index contributed by atoms with van der Waals surface area (Å²) in [5.41, 5.74) is 3.50. The molecule has 1 aromatic heterocycles. The number of pyridine rings is 1. The predicted octanol–water partition coefficient (Wildman–Crippen LogP) is 3.90. The van der Waals surface area contributed by atoms with E-state index >= 15 is 0 Å². The van der Waals surface area contributed by atoms with Crippen molar-refractivity contribution in [2.45, 2.75) is 19.6 Å². The van der Waals surface area contributed by atoms with E-state index in [4.69, 9.17) is 4.74 Å². The number of nitrogens with zero attached hydrogens (tertiary/aromatic N) is 3. The first-order valence-corrected chi connectivity index (χ1v) is 9.81. The van der Waals surface area contributed by atoms with Crippen LogP contribution in [0.4, 0.5) is 11.5 Å². The number of aliphatic hydroxyl groups is 1. The summed E-state index contributed by atoms with van der Waals surface area (Å²) in [7, 11) is 4.05. The van der Waals surface area contributed by atoms with Crippen LogP contribution in [0.3, 0.4) is 0 Å². The summed E-state index contributed by atoms with van der Waals surface area (Å²) in [6, 6.07) is 22.1. The third-order valence-corrected chi connectivity index (χ3v) is 4.69. The number of rotatable bonds is 9. The van der Waals surface area contributed by atoms with Gasteiger partial charge >= 0.3 is 0 Å². The highest BCUT2D eigenvalue weighted by molar-refractivity contribution is 5.47. The summed E-state index contributed by atoms with van der Waals surface area (Å²) >= 11 is 0. The van der Waals surface area contributed by atoms with E-state index in [0.29, 0.717) is 13.1 Å². The van der Waals surface area contributed by atoms with Crippen LogP contribution < -0.4 is 14.5 Å². The zero-order valence-electron chi connectivity index (χ0n) is 17.3. The molecule has 2 aromatic carbocycles. The molecule has 1 atom stereocenters. The Hall–Kier alpha value is -3.05. The molecule has 0 spiro atoms. The van der Waals surface area contributed by atoms with E-state index in [9.17, 15) is 5.11 Å². The van der Waals surface area contributed by atoms with E-state index in [1.807, 2.05) is 63.5 Å². The van der Waals surface area contributed by atoms with E-state index < -0.39 is 6.10 Å². The molecule has 5 heteroatoms. The van der Waals surface area contributed by atoms with Crippen molar-refractivity contribution in [2.24, 2.45) is 0 Å². The molecule has 0 saturated carbocycles. The number of anilines is 2. The van der Waals surface area contributed by atoms with Gasteiger partial charge in [0.1, 0.15) is 24.3 Å². The molecule has 0 bridgehead atoms. The summed E-state index contributed by atoms with van der Waals surface area (Å²) in [5, 5.41) is 10.6. The maximum absolute atomic E-state index is 10.6. The molecule has 0 saturated heterocycles. The molecule has 3 rings (SSSR count). The molecule has 0 aliphatic carbocycles. The van der Waals surface area contributed by atoms with Crippen LogP contribution in [0.2, 0.25) is 0 Å². The van der Waals surface area contributed by atoms with E-state index in [1.54, 1.807) is 6.20 Å². The Morgan fingerprint density at radius 1 is 0.966 bits per heavy atom. The molecule has 0 radical (unpaired) electrons. The zero-order valence-corrected chi connectivity index (χ0v) is 17.3. The summed E-state index contributed by atoms with van der Waals surface area (Å²) in [6.07, 6.45) is 1.13. The minimum Gasteiger partial charge on any atom is -0.491 e. The molecule has 0 aliphatic rings. The van der Waals surface area contributed by atoms with Crippen LogP contribution in [0.5, 0.6) is 5.75 Å². The van der Waals surface area contributed by atoms with Crippen LogP contribution in [0.1, 0.15) is 11.1 Å². The number of hydrogen-bond donors (Lipinski definition) is 1. The van der Waals surface area contributed by atoms with Crippen molar-refractivity contribution in [1.82, 2.24) is 4.98 Å². The van der Waals surface area contributed by atoms with E-state index in [2.05, 4.69) is 39.0 Å². The molecule has 1 N–H and O–H groups in total. The van der Waals surface area contributed by atoms with Crippen molar-refractivity contribution in [1.29, 1.82) is 0 Å². The molecule has 0 fully saturated rings. The van der Waals surface area contributed by atoms with Crippen molar-refractivity contribution in [3.63, 3.8) is 0 Å². The molecule has 3 aromatic rings. The summed E-state index contributed by atoms with van der Waals surface area (Å²) in [4.78, 5) is 8.62. The van der Waals surface area contributed by atoms with Crippen molar-refractivity contribution >= 4 is 11.5 Å². The lowest BCUT2D eigenvalue weighted by Crippen LogP contribution is -2.35. The van der Waals surface area contributed by atoms with Gasteiger partial charge in [0.15, 0.2) is 0 Å². The lowest BCUT2D eigenvalue weighted by Gasteiger charge is -2.26. The molecular weight excluding hydrogens is 362 g/mol. The van der Waals surface area contributed by atoms with Crippen molar-refractivity contribution in [2.75, 3.05) is 37.0 Å². The van der Waals surface area contributed by atoms with Crippen molar-refractivity contribution in [3.05, 3.63) is 84.1 Å².